The van der Waals surface area contributed by atoms with Gasteiger partial charge in [-0.15, -0.1) is 24.0 Å². The Balaban J connectivity index is 0.00000306. The molecule has 4 rings (SSSR count). The lowest BCUT2D eigenvalue weighted by Crippen LogP contribution is -2.53. The van der Waals surface area contributed by atoms with Crippen LogP contribution in [0.15, 0.2) is 29.3 Å². The maximum atomic E-state index is 6.01. The number of hydrogen-bond acceptors (Lipinski definition) is 5. The quantitative estimate of drug-likeness (QED) is 0.309. The van der Waals surface area contributed by atoms with Crippen molar-refractivity contribution in [1.82, 2.24) is 20.0 Å². The summed E-state index contributed by atoms with van der Waals surface area (Å²) >= 11 is 0. The Hall–Kier alpha value is -0.940. The van der Waals surface area contributed by atoms with E-state index in [1.807, 2.05) is 0 Å². The number of halogens is 1. The minimum Gasteiger partial charge on any atom is -0.375 e. The van der Waals surface area contributed by atoms with Crippen molar-refractivity contribution in [2.24, 2.45) is 4.99 Å². The van der Waals surface area contributed by atoms with Crippen LogP contribution in [0.5, 0.6) is 0 Å². The molecule has 186 valence electrons. The lowest BCUT2D eigenvalue weighted by molar-refractivity contribution is -0.0817. The van der Waals surface area contributed by atoms with Gasteiger partial charge in [-0.2, -0.15) is 0 Å². The predicted molar refractivity (Wildman–Crippen MR) is 144 cm³/mol. The second-order valence-electron chi connectivity index (χ2n) is 9.10. The number of morpholine rings is 1. The lowest BCUT2D eigenvalue weighted by atomic mass is 10.1. The summed E-state index contributed by atoms with van der Waals surface area (Å²) in [6.45, 7) is 16.2. The van der Waals surface area contributed by atoms with E-state index in [9.17, 15) is 0 Å². The molecule has 1 aromatic carbocycles. The van der Waals surface area contributed by atoms with Crippen molar-refractivity contribution in [2.75, 3.05) is 65.6 Å². The number of likely N-dealkylation sites (N-methyl/N-ethyl adjacent to an activating group) is 1. The molecule has 0 bridgehead atoms. The van der Waals surface area contributed by atoms with Crippen molar-refractivity contribution in [3.8, 4) is 0 Å². The normalized spacial score (nSPS) is 25.2. The first-order valence-electron chi connectivity index (χ1n) is 12.5. The Morgan fingerprint density at radius 3 is 2.30 bits per heavy atom. The van der Waals surface area contributed by atoms with Crippen molar-refractivity contribution in [3.05, 3.63) is 35.4 Å². The molecule has 0 amide bonds. The topological polar surface area (TPSA) is 52.6 Å². The fourth-order valence-corrected chi connectivity index (χ4v) is 4.85. The van der Waals surface area contributed by atoms with Crippen LogP contribution in [0.1, 0.15) is 37.8 Å². The van der Waals surface area contributed by atoms with Gasteiger partial charge in [0.05, 0.1) is 19.3 Å². The van der Waals surface area contributed by atoms with Gasteiger partial charge in [-0.25, -0.2) is 4.99 Å². The molecule has 3 aliphatic heterocycles. The average molecular weight is 572 g/mol. The molecule has 1 aromatic rings. The Morgan fingerprint density at radius 2 is 1.64 bits per heavy atom. The third kappa shape index (κ3) is 7.78. The molecule has 1 N–H and O–H groups in total. The zero-order chi connectivity index (χ0) is 22.2. The van der Waals surface area contributed by atoms with Crippen molar-refractivity contribution < 1.29 is 9.47 Å². The maximum absolute atomic E-state index is 6.01. The smallest absolute Gasteiger partial charge is 0.194 e. The van der Waals surface area contributed by atoms with E-state index in [1.54, 1.807) is 0 Å². The Bertz CT molecular complexity index is 718. The molecule has 0 aromatic heterocycles. The van der Waals surface area contributed by atoms with Gasteiger partial charge in [0, 0.05) is 59.0 Å². The first-order chi connectivity index (χ1) is 15.7. The van der Waals surface area contributed by atoms with Crippen LogP contribution in [0, 0.1) is 0 Å². The van der Waals surface area contributed by atoms with Gasteiger partial charge in [0.15, 0.2) is 5.96 Å². The van der Waals surface area contributed by atoms with Crippen molar-refractivity contribution in [3.63, 3.8) is 0 Å². The minimum absolute atomic E-state index is 0. The summed E-state index contributed by atoms with van der Waals surface area (Å²) in [7, 11) is 0. The second-order valence-corrected chi connectivity index (χ2v) is 9.10. The van der Waals surface area contributed by atoms with E-state index in [0.717, 1.165) is 64.7 Å². The van der Waals surface area contributed by atoms with E-state index in [4.69, 9.17) is 14.5 Å². The number of benzene rings is 1. The summed E-state index contributed by atoms with van der Waals surface area (Å²) in [5.41, 5.74) is 2.64. The van der Waals surface area contributed by atoms with Gasteiger partial charge in [-0.1, -0.05) is 31.2 Å². The minimum atomic E-state index is 0. The van der Waals surface area contributed by atoms with E-state index in [-0.39, 0.29) is 36.2 Å². The van der Waals surface area contributed by atoms with E-state index < -0.39 is 0 Å². The predicted octanol–water partition coefficient (Wildman–Crippen LogP) is 2.79. The maximum Gasteiger partial charge on any atom is 0.194 e. The molecule has 33 heavy (non-hydrogen) atoms. The highest BCUT2D eigenvalue weighted by molar-refractivity contribution is 14.0. The number of guanidine groups is 1. The Morgan fingerprint density at radius 1 is 0.939 bits per heavy atom. The first-order valence-corrected chi connectivity index (χ1v) is 12.5. The summed E-state index contributed by atoms with van der Waals surface area (Å²) in [5, 5.41) is 3.48. The number of piperazine rings is 1. The van der Waals surface area contributed by atoms with E-state index >= 15 is 0 Å². The van der Waals surface area contributed by atoms with Crippen molar-refractivity contribution in [1.29, 1.82) is 0 Å². The second kappa shape index (κ2) is 13.8. The number of rotatable bonds is 7. The average Bonchev–Trinajstić information content (AvgIpc) is 3.38. The molecule has 3 saturated heterocycles. The number of ether oxygens (including phenoxy) is 2. The van der Waals surface area contributed by atoms with Gasteiger partial charge in [0.2, 0.25) is 0 Å². The third-order valence-corrected chi connectivity index (χ3v) is 6.86. The molecule has 0 saturated carbocycles. The van der Waals surface area contributed by atoms with Crippen LogP contribution in [-0.2, 0) is 22.6 Å². The van der Waals surface area contributed by atoms with Gasteiger partial charge in [-0.3, -0.25) is 4.90 Å². The summed E-state index contributed by atoms with van der Waals surface area (Å²) in [6.07, 6.45) is 2.63. The molecule has 8 heteroatoms. The van der Waals surface area contributed by atoms with Gasteiger partial charge < -0.3 is 24.6 Å². The van der Waals surface area contributed by atoms with Crippen molar-refractivity contribution >= 4 is 29.9 Å². The van der Waals surface area contributed by atoms with Gasteiger partial charge in [0.25, 0.3) is 0 Å². The van der Waals surface area contributed by atoms with E-state index in [1.165, 1.54) is 37.3 Å². The molecule has 0 radical (unpaired) electrons. The van der Waals surface area contributed by atoms with Crippen LogP contribution in [0.3, 0.4) is 0 Å². The highest BCUT2D eigenvalue weighted by Gasteiger charge is 2.32. The zero-order valence-electron chi connectivity index (χ0n) is 20.4. The molecule has 2 unspecified atom stereocenters. The lowest BCUT2D eigenvalue weighted by Gasteiger charge is -2.37. The third-order valence-electron chi connectivity index (χ3n) is 6.86. The monoisotopic (exact) mass is 571 g/mol. The molecule has 3 aliphatic rings. The fraction of sp³-hybridized carbons (Fsp3) is 0.720. The van der Waals surface area contributed by atoms with Crippen LogP contribution < -0.4 is 5.32 Å². The molecule has 2 atom stereocenters. The van der Waals surface area contributed by atoms with E-state index in [2.05, 4.69) is 58.1 Å². The number of aliphatic imine (C=N–C) groups is 1. The van der Waals surface area contributed by atoms with Gasteiger partial charge in [0.1, 0.15) is 6.10 Å². The number of hydrogen-bond donors (Lipinski definition) is 1. The summed E-state index contributed by atoms with van der Waals surface area (Å²) in [6, 6.07) is 9.01. The molecular weight excluding hydrogens is 529 g/mol. The SMILES string of the molecule is CCNC(=NCc1ccc(CN2CCN(CC)CC2)cc1)N1CCOC(C2CCCO2)C1.I. The standard InChI is InChI=1S/C25H41N5O2.HI/c1-3-26-25(30-15-17-32-24(20-30)23-6-5-16-31-23)27-18-21-7-9-22(10-8-21)19-29-13-11-28(4-2)12-14-29;/h7-10,23-24H,3-6,11-20H2,1-2H3,(H,26,27);1H. The molecule has 3 fully saturated rings. The Labute approximate surface area is 216 Å². The van der Waals surface area contributed by atoms with Crippen LogP contribution in [0.2, 0.25) is 0 Å². The molecule has 0 spiro atoms. The zero-order valence-corrected chi connectivity index (χ0v) is 22.7. The van der Waals surface area contributed by atoms with Crippen LogP contribution in [-0.4, -0.2) is 98.4 Å². The fourth-order valence-electron chi connectivity index (χ4n) is 4.85. The van der Waals surface area contributed by atoms with Crippen LogP contribution >= 0.6 is 24.0 Å². The van der Waals surface area contributed by atoms with Crippen molar-refractivity contribution in [2.45, 2.75) is 52.0 Å². The van der Waals surface area contributed by atoms with E-state index in [0.29, 0.717) is 6.54 Å². The summed E-state index contributed by atoms with van der Waals surface area (Å²) in [4.78, 5) is 12.4. The molecule has 7 nitrogen and oxygen atoms in total. The Kier molecular flexibility index (Phi) is 11.2. The number of nitrogens with zero attached hydrogens (tertiary/aromatic N) is 4. The van der Waals surface area contributed by atoms with Gasteiger partial charge >= 0.3 is 0 Å². The number of nitrogens with one attached hydrogen (secondary N) is 1. The summed E-state index contributed by atoms with van der Waals surface area (Å²) in [5.74, 6) is 0.983. The first kappa shape index (κ1) is 26.7. The highest BCUT2D eigenvalue weighted by Crippen LogP contribution is 2.21. The molecule has 3 heterocycles. The van der Waals surface area contributed by atoms with Crippen LogP contribution in [0.25, 0.3) is 0 Å². The van der Waals surface area contributed by atoms with Crippen LogP contribution in [0.4, 0.5) is 0 Å². The largest absolute Gasteiger partial charge is 0.375 e. The summed E-state index contributed by atoms with van der Waals surface area (Å²) < 4.78 is 11.9. The molecule has 0 aliphatic carbocycles. The van der Waals surface area contributed by atoms with Gasteiger partial charge in [-0.05, 0) is 37.4 Å². The molecular formula is C25H42IN5O2. The highest BCUT2D eigenvalue weighted by atomic mass is 127.